The van der Waals surface area contributed by atoms with E-state index in [1.807, 2.05) is 19.1 Å². The van der Waals surface area contributed by atoms with Crippen molar-refractivity contribution in [2.45, 2.75) is 70.7 Å². The number of nitrogens with zero attached hydrogens (tertiary/aromatic N) is 4. The van der Waals surface area contributed by atoms with Gasteiger partial charge in [0, 0.05) is 30.7 Å². The minimum atomic E-state index is -5.57. The lowest BCUT2D eigenvalue weighted by Gasteiger charge is -2.30. The van der Waals surface area contributed by atoms with E-state index in [1.54, 1.807) is 6.08 Å². The van der Waals surface area contributed by atoms with Crippen LogP contribution in [-0.4, -0.2) is 123 Å². The number of aromatic nitrogens is 4. The van der Waals surface area contributed by atoms with Crippen molar-refractivity contribution in [1.82, 2.24) is 30.2 Å². The Kier molecular flexibility index (Phi) is 18.1. The molecule has 3 heterocycles. The summed E-state index contributed by atoms with van der Waals surface area (Å²) < 4.78 is 62.1. The fourth-order valence-electron chi connectivity index (χ4n) is 4.84. The number of aliphatic hydroxyl groups excluding tert-OH is 2. The predicted molar refractivity (Wildman–Crippen MR) is 200 cm³/mol. The fraction of sp³-hybridized carbons (Fsp3) is 0.586. The van der Waals surface area contributed by atoms with Gasteiger partial charge < -0.3 is 50.9 Å². The minimum Gasteiger partial charge on any atom is -0.386 e. The minimum absolute atomic E-state index is 0.0297. The maximum Gasteiger partial charge on any atom is 0.481 e. The van der Waals surface area contributed by atoms with Gasteiger partial charge in [-0.1, -0.05) is 50.8 Å². The van der Waals surface area contributed by atoms with Gasteiger partial charge in [0.15, 0.2) is 17.7 Å². The van der Waals surface area contributed by atoms with Crippen LogP contribution in [0.5, 0.6) is 0 Å². The molecule has 0 bridgehead atoms. The van der Waals surface area contributed by atoms with Crippen molar-refractivity contribution in [2.75, 3.05) is 37.8 Å². The number of ether oxygens (including phenoxy) is 1. The van der Waals surface area contributed by atoms with E-state index in [2.05, 4.69) is 34.4 Å². The van der Waals surface area contributed by atoms with E-state index in [9.17, 15) is 57.9 Å². The summed E-state index contributed by atoms with van der Waals surface area (Å²) in [7, 11) is -16.4. The monoisotopic (exact) mass is 889 g/mol. The summed E-state index contributed by atoms with van der Waals surface area (Å²) in [5.74, 6) is -1.14. The second kappa shape index (κ2) is 21.3. The van der Waals surface area contributed by atoms with E-state index in [-0.39, 0.29) is 41.6 Å². The largest absolute Gasteiger partial charge is 0.481 e. The fourth-order valence-corrected chi connectivity index (χ4v) is 8.26. The first-order chi connectivity index (χ1) is 26.6. The predicted octanol–water partition coefficient (Wildman–Crippen LogP) is 0.577. The standard InChI is InChI=1S/C29H46N7O17P3S/c1-4-5-6-7-8-9-20(38)57-13-12-31-19(37)10-11-32-27(41)24(40)29(2,3)15-50-56(47,48)53-55(45,46)49-14-18-23(52-54(42,43)44)22(39)28(51-18)36-17-35-21-25(30)33-16-34-26(21)36/h5-6,8-9,16-18,22-24,28,39-40H,4,7,10-15H2,1-3H3,(H,31,37)(H,32,41)(H,45,46)(H,47,48)(H2,30,33,34)(H2,42,43,44)/b6-5-,9-8+/t18-,22-,23-,24+,28-/m1/s1. The Balaban J connectivity index is 1.47. The molecule has 7 atom stereocenters. The molecule has 2 amide bonds. The molecule has 0 saturated carbocycles. The Labute approximate surface area is 330 Å². The first-order valence-corrected chi connectivity index (χ1v) is 22.4. The molecule has 2 aromatic rings. The lowest BCUT2D eigenvalue weighted by molar-refractivity contribution is -0.137. The van der Waals surface area contributed by atoms with Gasteiger partial charge >= 0.3 is 23.5 Å². The molecular formula is C29H46N7O17P3S. The molecule has 57 heavy (non-hydrogen) atoms. The lowest BCUT2D eigenvalue weighted by atomic mass is 9.87. The first kappa shape index (κ1) is 48.4. The molecule has 3 rings (SSSR count). The van der Waals surface area contributed by atoms with Crippen LogP contribution in [0.3, 0.4) is 0 Å². The van der Waals surface area contributed by atoms with Gasteiger partial charge in [0.2, 0.25) is 16.9 Å². The summed E-state index contributed by atoms with van der Waals surface area (Å²) in [5.41, 5.74) is 4.26. The van der Waals surface area contributed by atoms with Crippen molar-refractivity contribution in [3.05, 3.63) is 37.0 Å². The van der Waals surface area contributed by atoms with Crippen LogP contribution in [0.1, 0.15) is 46.3 Å². The summed E-state index contributed by atoms with van der Waals surface area (Å²) in [4.78, 5) is 87.4. The van der Waals surface area contributed by atoms with E-state index >= 15 is 0 Å². The number of amides is 2. The lowest BCUT2D eigenvalue weighted by Crippen LogP contribution is -2.46. The van der Waals surface area contributed by atoms with Crippen LogP contribution in [0.25, 0.3) is 11.2 Å². The van der Waals surface area contributed by atoms with Crippen LogP contribution in [0.2, 0.25) is 0 Å². The Bertz CT molecular complexity index is 1910. The molecule has 10 N–H and O–H groups in total. The maximum atomic E-state index is 12.7. The third-order valence-electron chi connectivity index (χ3n) is 7.67. The molecule has 0 radical (unpaired) electrons. The number of phosphoric acid groups is 3. The van der Waals surface area contributed by atoms with Crippen molar-refractivity contribution in [3.8, 4) is 0 Å². The van der Waals surface area contributed by atoms with Gasteiger partial charge in [0.25, 0.3) is 0 Å². The van der Waals surface area contributed by atoms with Crippen LogP contribution in [0, 0.1) is 5.41 Å². The Morgan fingerprint density at radius 2 is 1.75 bits per heavy atom. The van der Waals surface area contributed by atoms with Crippen molar-refractivity contribution >= 4 is 69.1 Å². The number of allylic oxidation sites excluding steroid dienone is 3. The smallest absolute Gasteiger partial charge is 0.386 e. The summed E-state index contributed by atoms with van der Waals surface area (Å²) >= 11 is 1.02. The zero-order valence-electron chi connectivity index (χ0n) is 30.8. The number of nitrogens with two attached hydrogens (primary N) is 1. The number of carbonyl (C=O) groups excluding carboxylic acids is 3. The van der Waals surface area contributed by atoms with E-state index in [0.717, 1.165) is 35.4 Å². The molecule has 1 aliphatic rings. The second-order valence-electron chi connectivity index (χ2n) is 12.8. The normalized spacial score (nSPS) is 21.8. The topological polar surface area (TPSA) is 364 Å². The molecule has 24 nitrogen and oxygen atoms in total. The van der Waals surface area contributed by atoms with E-state index < -0.39 is 84.6 Å². The first-order valence-electron chi connectivity index (χ1n) is 16.9. The third-order valence-corrected chi connectivity index (χ3v) is 11.6. The molecule has 0 spiro atoms. The highest BCUT2D eigenvalue weighted by atomic mass is 32.2. The molecule has 1 saturated heterocycles. The number of hydrogen-bond acceptors (Lipinski definition) is 18. The van der Waals surface area contributed by atoms with Crippen LogP contribution in [0.4, 0.5) is 5.82 Å². The van der Waals surface area contributed by atoms with Gasteiger partial charge in [0.05, 0.1) is 19.5 Å². The average Bonchev–Trinajstić information content (AvgIpc) is 3.68. The van der Waals surface area contributed by atoms with E-state index in [1.165, 1.54) is 19.9 Å². The summed E-state index contributed by atoms with van der Waals surface area (Å²) in [6, 6.07) is 0. The molecule has 1 aliphatic heterocycles. The molecule has 1 fully saturated rings. The van der Waals surface area contributed by atoms with Gasteiger partial charge in [0.1, 0.15) is 36.3 Å². The van der Waals surface area contributed by atoms with Gasteiger partial charge in [-0.15, -0.1) is 0 Å². The van der Waals surface area contributed by atoms with Crippen LogP contribution in [0.15, 0.2) is 37.0 Å². The van der Waals surface area contributed by atoms with Gasteiger partial charge in [-0.25, -0.2) is 28.6 Å². The number of thioether (sulfide) groups is 1. The van der Waals surface area contributed by atoms with Crippen molar-refractivity contribution in [2.24, 2.45) is 5.41 Å². The number of imidazole rings is 1. The Morgan fingerprint density at radius 3 is 2.44 bits per heavy atom. The summed E-state index contributed by atoms with van der Waals surface area (Å²) in [5, 5.41) is 26.2. The van der Waals surface area contributed by atoms with Crippen molar-refractivity contribution in [1.29, 1.82) is 0 Å². The highest BCUT2D eigenvalue weighted by molar-refractivity contribution is 8.14. The second-order valence-corrected chi connectivity index (χ2v) is 18.1. The number of fused-ring (bicyclic) bond motifs is 1. The number of rotatable bonds is 23. The zero-order chi connectivity index (χ0) is 42.6. The quantitative estimate of drug-likeness (QED) is 0.0319. The van der Waals surface area contributed by atoms with E-state index in [4.69, 9.17) is 19.5 Å². The summed E-state index contributed by atoms with van der Waals surface area (Å²) in [6.07, 6.45) is 1.72. The molecule has 320 valence electrons. The number of nitrogen functional groups attached to an aromatic ring is 1. The number of nitrogens with one attached hydrogen (secondary N) is 2. The van der Waals surface area contributed by atoms with Crippen molar-refractivity contribution in [3.63, 3.8) is 0 Å². The number of hydrogen-bond donors (Lipinski definition) is 9. The highest BCUT2D eigenvalue weighted by Crippen LogP contribution is 2.61. The molecule has 0 aromatic carbocycles. The van der Waals surface area contributed by atoms with E-state index in [0.29, 0.717) is 12.2 Å². The molecular weight excluding hydrogens is 843 g/mol. The zero-order valence-corrected chi connectivity index (χ0v) is 34.3. The summed E-state index contributed by atoms with van der Waals surface area (Å²) in [6.45, 7) is 2.47. The number of phosphoric ester groups is 3. The molecule has 2 unspecified atom stereocenters. The number of carbonyl (C=O) groups is 3. The highest BCUT2D eigenvalue weighted by Gasteiger charge is 2.50. The number of aliphatic hydroxyl groups is 2. The van der Waals surface area contributed by atoms with Crippen LogP contribution in [-0.2, 0) is 50.7 Å². The maximum absolute atomic E-state index is 12.7. The van der Waals surface area contributed by atoms with Crippen molar-refractivity contribution < 1.29 is 80.5 Å². The Morgan fingerprint density at radius 1 is 1.05 bits per heavy atom. The Hall–Kier alpha value is -2.96. The molecule has 28 heteroatoms. The number of anilines is 1. The third kappa shape index (κ3) is 15.6. The average molecular weight is 890 g/mol. The molecule has 2 aromatic heterocycles. The van der Waals surface area contributed by atoms with Gasteiger partial charge in [-0.2, -0.15) is 4.31 Å². The SMILES string of the molecule is CC/C=C\C/C=C/C(=O)SCCNC(=O)CCNC(=O)[C@H](O)C(C)(C)COP(=O)(O)OP(=O)(O)OC[C@H]1O[C@@H](n2cnc3c(N)ncnc32)[C@H](O)[C@@H]1OP(=O)(O)O. The van der Waals surface area contributed by atoms with Gasteiger partial charge in [-0.05, 0) is 18.9 Å². The van der Waals surface area contributed by atoms with Crippen LogP contribution >= 0.6 is 35.2 Å². The van der Waals surface area contributed by atoms with Gasteiger partial charge in [-0.3, -0.25) is 32.5 Å². The van der Waals surface area contributed by atoms with Crippen LogP contribution < -0.4 is 16.4 Å². The molecule has 0 aliphatic carbocycles.